The lowest BCUT2D eigenvalue weighted by atomic mass is 10.2. The third-order valence-corrected chi connectivity index (χ3v) is 4.53. The van der Waals surface area contributed by atoms with E-state index in [1.807, 2.05) is 43.3 Å². The van der Waals surface area contributed by atoms with Crippen LogP contribution >= 0.6 is 22.9 Å². The SMILES string of the molecule is Cc1cccc(OCC(O)CNC(C)c2ccc(Cl)s2)c1. The molecule has 2 N–H and O–H groups in total. The van der Waals surface area contributed by atoms with E-state index in [2.05, 4.69) is 12.2 Å². The highest BCUT2D eigenvalue weighted by Crippen LogP contribution is 2.26. The molecule has 1 heterocycles. The average Bonchev–Trinajstić information content (AvgIpc) is 2.89. The summed E-state index contributed by atoms with van der Waals surface area (Å²) in [5.74, 6) is 0.784. The first-order valence-electron chi connectivity index (χ1n) is 6.91. The molecule has 0 aliphatic heterocycles. The molecular formula is C16H20ClNO2S. The molecule has 21 heavy (non-hydrogen) atoms. The van der Waals surface area contributed by atoms with Gasteiger partial charge in [0.05, 0.1) is 4.34 Å². The fraction of sp³-hybridized carbons (Fsp3) is 0.375. The van der Waals surface area contributed by atoms with Gasteiger partial charge in [0.1, 0.15) is 18.5 Å². The van der Waals surface area contributed by atoms with Crippen LogP contribution in [0.3, 0.4) is 0 Å². The number of thiophene rings is 1. The van der Waals surface area contributed by atoms with Crippen LogP contribution in [0.15, 0.2) is 36.4 Å². The molecule has 0 spiro atoms. The second-order valence-electron chi connectivity index (χ2n) is 5.05. The zero-order chi connectivity index (χ0) is 15.2. The summed E-state index contributed by atoms with van der Waals surface area (Å²) in [6.45, 7) is 4.81. The van der Waals surface area contributed by atoms with Gasteiger partial charge in [0.2, 0.25) is 0 Å². The Labute approximate surface area is 134 Å². The minimum Gasteiger partial charge on any atom is -0.491 e. The second-order valence-corrected chi connectivity index (χ2v) is 6.80. The summed E-state index contributed by atoms with van der Waals surface area (Å²) in [6, 6.07) is 11.9. The van der Waals surface area contributed by atoms with Gasteiger partial charge in [-0.2, -0.15) is 0 Å². The third kappa shape index (κ3) is 5.32. The maximum atomic E-state index is 9.97. The van der Waals surface area contributed by atoms with Gasteiger partial charge < -0.3 is 15.2 Å². The van der Waals surface area contributed by atoms with Crippen molar-refractivity contribution in [2.75, 3.05) is 13.2 Å². The lowest BCUT2D eigenvalue weighted by Crippen LogP contribution is -2.32. The number of aliphatic hydroxyl groups is 1. The molecule has 0 aliphatic rings. The molecule has 114 valence electrons. The number of benzene rings is 1. The smallest absolute Gasteiger partial charge is 0.119 e. The van der Waals surface area contributed by atoms with Crippen molar-refractivity contribution >= 4 is 22.9 Å². The van der Waals surface area contributed by atoms with Gasteiger partial charge in [-0.15, -0.1) is 11.3 Å². The molecule has 2 aromatic rings. The number of nitrogens with one attached hydrogen (secondary N) is 1. The topological polar surface area (TPSA) is 41.5 Å². The Kier molecular flexibility index (Phi) is 6.06. The minimum absolute atomic E-state index is 0.163. The Hall–Kier alpha value is -1.07. The number of aliphatic hydroxyl groups excluding tert-OH is 1. The van der Waals surface area contributed by atoms with Crippen LogP contribution in [-0.2, 0) is 0 Å². The number of hydrogen-bond acceptors (Lipinski definition) is 4. The Morgan fingerprint density at radius 3 is 2.81 bits per heavy atom. The number of halogens is 1. The van der Waals surface area contributed by atoms with Crippen LogP contribution in [0.25, 0.3) is 0 Å². The first-order valence-corrected chi connectivity index (χ1v) is 8.10. The van der Waals surface area contributed by atoms with E-state index in [1.54, 1.807) is 11.3 Å². The summed E-state index contributed by atoms with van der Waals surface area (Å²) >= 11 is 7.47. The summed E-state index contributed by atoms with van der Waals surface area (Å²) in [4.78, 5) is 1.16. The quantitative estimate of drug-likeness (QED) is 0.813. The Bertz CT molecular complexity index is 573. The molecular weight excluding hydrogens is 306 g/mol. The lowest BCUT2D eigenvalue weighted by molar-refractivity contribution is 0.104. The van der Waals surface area contributed by atoms with E-state index in [1.165, 1.54) is 0 Å². The van der Waals surface area contributed by atoms with Crippen LogP contribution in [-0.4, -0.2) is 24.4 Å². The van der Waals surface area contributed by atoms with Crippen LogP contribution in [0.4, 0.5) is 0 Å². The van der Waals surface area contributed by atoms with Crippen LogP contribution in [0.1, 0.15) is 23.4 Å². The third-order valence-electron chi connectivity index (χ3n) is 3.11. The molecule has 0 fully saturated rings. The van der Waals surface area contributed by atoms with Gasteiger partial charge in [-0.25, -0.2) is 0 Å². The van der Waals surface area contributed by atoms with Crippen molar-refractivity contribution in [3.8, 4) is 5.75 Å². The monoisotopic (exact) mass is 325 g/mol. The van der Waals surface area contributed by atoms with Gasteiger partial charge in [-0.05, 0) is 43.7 Å². The van der Waals surface area contributed by atoms with E-state index < -0.39 is 6.10 Å². The molecule has 0 aliphatic carbocycles. The first kappa shape index (κ1) is 16.3. The zero-order valence-corrected chi connectivity index (χ0v) is 13.7. The summed E-state index contributed by atoms with van der Waals surface area (Å²) in [5, 5.41) is 13.3. The Balaban J connectivity index is 1.73. The van der Waals surface area contributed by atoms with E-state index in [0.717, 1.165) is 20.5 Å². The molecule has 2 atom stereocenters. The normalized spacial score (nSPS) is 13.9. The highest BCUT2D eigenvalue weighted by molar-refractivity contribution is 7.16. The van der Waals surface area contributed by atoms with Crippen molar-refractivity contribution in [3.63, 3.8) is 0 Å². The van der Waals surface area contributed by atoms with E-state index in [0.29, 0.717) is 6.54 Å². The van der Waals surface area contributed by atoms with Crippen LogP contribution in [0.2, 0.25) is 4.34 Å². The summed E-state index contributed by atoms with van der Waals surface area (Å²) in [5.41, 5.74) is 1.14. The molecule has 0 amide bonds. The maximum Gasteiger partial charge on any atom is 0.119 e. The Morgan fingerprint density at radius 1 is 1.33 bits per heavy atom. The number of rotatable bonds is 7. The number of aryl methyl sites for hydroxylation is 1. The van der Waals surface area contributed by atoms with Crippen molar-refractivity contribution in [2.45, 2.75) is 26.0 Å². The standard InChI is InChI=1S/C16H20ClNO2S/c1-11-4-3-5-14(8-11)20-10-13(19)9-18-12(2)15-6-7-16(17)21-15/h3-8,12-13,18-19H,9-10H2,1-2H3. The van der Waals surface area contributed by atoms with Crippen LogP contribution in [0, 0.1) is 6.92 Å². The van der Waals surface area contributed by atoms with Gasteiger partial charge in [0.15, 0.2) is 0 Å². The molecule has 2 unspecified atom stereocenters. The summed E-state index contributed by atoms with van der Waals surface area (Å²) in [7, 11) is 0. The van der Waals surface area contributed by atoms with E-state index in [4.69, 9.17) is 16.3 Å². The van der Waals surface area contributed by atoms with Crippen molar-refractivity contribution in [2.24, 2.45) is 0 Å². The van der Waals surface area contributed by atoms with Gasteiger partial charge in [-0.1, -0.05) is 23.7 Å². The number of ether oxygens (including phenoxy) is 1. The van der Waals surface area contributed by atoms with Crippen molar-refractivity contribution in [1.82, 2.24) is 5.32 Å². The predicted molar refractivity (Wildman–Crippen MR) is 88.4 cm³/mol. The summed E-state index contributed by atoms with van der Waals surface area (Å²) < 4.78 is 6.36. The van der Waals surface area contributed by atoms with E-state index in [-0.39, 0.29) is 12.6 Å². The Morgan fingerprint density at radius 2 is 2.14 bits per heavy atom. The van der Waals surface area contributed by atoms with E-state index in [9.17, 15) is 5.11 Å². The van der Waals surface area contributed by atoms with Crippen LogP contribution in [0.5, 0.6) is 5.75 Å². The molecule has 0 saturated heterocycles. The second kappa shape index (κ2) is 7.80. The highest BCUT2D eigenvalue weighted by Gasteiger charge is 2.11. The van der Waals surface area contributed by atoms with Gasteiger partial charge in [0, 0.05) is 17.5 Å². The highest BCUT2D eigenvalue weighted by atomic mass is 35.5. The molecule has 1 aromatic carbocycles. The van der Waals surface area contributed by atoms with Crippen molar-refractivity contribution in [3.05, 3.63) is 51.2 Å². The lowest BCUT2D eigenvalue weighted by Gasteiger charge is -2.17. The van der Waals surface area contributed by atoms with Crippen molar-refractivity contribution < 1.29 is 9.84 Å². The zero-order valence-electron chi connectivity index (χ0n) is 12.2. The molecule has 0 saturated carbocycles. The fourth-order valence-electron chi connectivity index (χ4n) is 1.93. The van der Waals surface area contributed by atoms with Gasteiger partial charge in [-0.3, -0.25) is 0 Å². The van der Waals surface area contributed by atoms with Crippen LogP contribution < -0.4 is 10.1 Å². The average molecular weight is 326 g/mol. The largest absolute Gasteiger partial charge is 0.491 e. The fourth-order valence-corrected chi connectivity index (χ4v) is 3.02. The molecule has 3 nitrogen and oxygen atoms in total. The van der Waals surface area contributed by atoms with Gasteiger partial charge >= 0.3 is 0 Å². The molecule has 5 heteroatoms. The molecule has 1 aromatic heterocycles. The molecule has 0 radical (unpaired) electrons. The number of hydrogen-bond donors (Lipinski definition) is 2. The first-order chi connectivity index (χ1) is 10.0. The van der Waals surface area contributed by atoms with Crippen molar-refractivity contribution in [1.29, 1.82) is 0 Å². The minimum atomic E-state index is -0.552. The predicted octanol–water partition coefficient (Wildman–Crippen LogP) is 3.80. The maximum absolute atomic E-state index is 9.97. The van der Waals surface area contributed by atoms with E-state index >= 15 is 0 Å². The molecule has 2 rings (SSSR count). The molecule has 0 bridgehead atoms. The summed E-state index contributed by atoms with van der Waals surface area (Å²) in [6.07, 6.45) is -0.552. The van der Waals surface area contributed by atoms with Gasteiger partial charge in [0.25, 0.3) is 0 Å².